The molecule has 0 N–H and O–H groups in total. The maximum Gasteiger partial charge on any atom is 0.204 e. The van der Waals surface area contributed by atoms with Gasteiger partial charge in [-0.3, -0.25) is 9.80 Å². The number of aromatic nitrogens is 4. The number of rotatable bonds is 5. The molecule has 124 valence electrons. The summed E-state index contributed by atoms with van der Waals surface area (Å²) in [6.07, 6.45) is 0. The molecule has 0 atom stereocenters. The van der Waals surface area contributed by atoms with Gasteiger partial charge in [0.2, 0.25) is 5.82 Å². The summed E-state index contributed by atoms with van der Waals surface area (Å²) in [6.45, 7) is 6.00. The van der Waals surface area contributed by atoms with E-state index in [9.17, 15) is 0 Å². The minimum atomic E-state index is 0.687. The maximum absolute atomic E-state index is 4.50. The molecule has 24 heavy (non-hydrogen) atoms. The zero-order valence-electron chi connectivity index (χ0n) is 13.5. The average Bonchev–Trinajstić information content (AvgIpc) is 3.29. The number of piperazine rings is 1. The molecule has 1 aromatic carbocycles. The van der Waals surface area contributed by atoms with E-state index < -0.39 is 0 Å². The third-order valence-corrected chi connectivity index (χ3v) is 5.10. The second-order valence-corrected chi connectivity index (χ2v) is 7.00. The fourth-order valence-corrected chi connectivity index (χ4v) is 3.64. The second kappa shape index (κ2) is 7.21. The Labute approximate surface area is 145 Å². The molecule has 2 aromatic heterocycles. The first-order chi connectivity index (χ1) is 11.9. The lowest BCUT2D eigenvalue weighted by Crippen LogP contribution is -2.46. The van der Waals surface area contributed by atoms with Crippen LogP contribution in [0.4, 0.5) is 0 Å². The molecule has 0 aliphatic carbocycles. The molecule has 3 heterocycles. The van der Waals surface area contributed by atoms with Gasteiger partial charge in [-0.15, -0.1) is 26.3 Å². The molecule has 1 aliphatic heterocycles. The summed E-state index contributed by atoms with van der Waals surface area (Å²) < 4.78 is 0. The van der Waals surface area contributed by atoms with Crippen molar-refractivity contribution in [1.29, 1.82) is 0 Å². The lowest BCUT2D eigenvalue weighted by molar-refractivity contribution is 0.0936. The summed E-state index contributed by atoms with van der Waals surface area (Å²) in [7, 11) is 0. The monoisotopic (exact) mass is 340 g/mol. The molecule has 0 bridgehead atoms. The van der Waals surface area contributed by atoms with Crippen LogP contribution in [0.5, 0.6) is 0 Å². The van der Waals surface area contributed by atoms with E-state index in [1.807, 2.05) is 41.7 Å². The van der Waals surface area contributed by atoms with Crippen molar-refractivity contribution >= 4 is 11.3 Å². The third-order valence-electron chi connectivity index (χ3n) is 4.24. The van der Waals surface area contributed by atoms with Crippen molar-refractivity contribution in [2.24, 2.45) is 0 Å². The fraction of sp³-hybridized carbons (Fsp3) is 0.353. The van der Waals surface area contributed by atoms with Crippen molar-refractivity contribution < 1.29 is 0 Å². The lowest BCUT2D eigenvalue weighted by Gasteiger charge is -2.33. The molecule has 0 unspecified atom stereocenters. The molecule has 6 nitrogen and oxygen atoms in total. The molecule has 4 rings (SSSR count). The smallest absolute Gasteiger partial charge is 0.204 e. The van der Waals surface area contributed by atoms with Gasteiger partial charge in [0.1, 0.15) is 6.67 Å². The number of tetrazole rings is 1. The van der Waals surface area contributed by atoms with Crippen molar-refractivity contribution in [1.82, 2.24) is 30.0 Å². The highest BCUT2D eigenvalue weighted by Gasteiger charge is 2.18. The highest BCUT2D eigenvalue weighted by molar-refractivity contribution is 7.09. The van der Waals surface area contributed by atoms with Gasteiger partial charge in [-0.05, 0) is 16.7 Å². The quantitative estimate of drug-likeness (QED) is 0.712. The topological polar surface area (TPSA) is 50.1 Å². The first-order valence-electron chi connectivity index (χ1n) is 8.17. The molecular formula is C17H20N6S. The van der Waals surface area contributed by atoms with Gasteiger partial charge in [0.25, 0.3) is 0 Å². The van der Waals surface area contributed by atoms with Crippen LogP contribution in [0.15, 0.2) is 47.8 Å². The molecule has 3 aromatic rings. The van der Waals surface area contributed by atoms with E-state index in [-0.39, 0.29) is 0 Å². The van der Waals surface area contributed by atoms with Crippen LogP contribution in [0.25, 0.3) is 11.4 Å². The zero-order valence-corrected chi connectivity index (χ0v) is 14.3. The lowest BCUT2D eigenvalue weighted by atomic mass is 10.2. The largest absolute Gasteiger partial charge is 0.296 e. The van der Waals surface area contributed by atoms with Crippen LogP contribution in [-0.4, -0.2) is 56.2 Å². The zero-order chi connectivity index (χ0) is 16.2. The van der Waals surface area contributed by atoms with Gasteiger partial charge in [0, 0.05) is 43.2 Å². The molecule has 7 heteroatoms. The van der Waals surface area contributed by atoms with Crippen molar-refractivity contribution in [3.8, 4) is 11.4 Å². The normalized spacial score (nSPS) is 16.5. The van der Waals surface area contributed by atoms with Gasteiger partial charge < -0.3 is 0 Å². The van der Waals surface area contributed by atoms with E-state index in [2.05, 4.69) is 42.7 Å². The van der Waals surface area contributed by atoms with Gasteiger partial charge in [0.15, 0.2) is 0 Å². The van der Waals surface area contributed by atoms with E-state index in [4.69, 9.17) is 0 Å². The first-order valence-corrected chi connectivity index (χ1v) is 9.05. The highest BCUT2D eigenvalue weighted by Crippen LogP contribution is 2.14. The van der Waals surface area contributed by atoms with Gasteiger partial charge in [-0.2, -0.15) is 0 Å². The van der Waals surface area contributed by atoms with Gasteiger partial charge in [-0.1, -0.05) is 36.4 Å². The Morgan fingerprint density at radius 1 is 0.917 bits per heavy atom. The minimum absolute atomic E-state index is 0.687. The van der Waals surface area contributed by atoms with E-state index >= 15 is 0 Å². The average molecular weight is 340 g/mol. The van der Waals surface area contributed by atoms with Gasteiger partial charge in [-0.25, -0.2) is 0 Å². The van der Waals surface area contributed by atoms with Crippen LogP contribution in [-0.2, 0) is 13.2 Å². The van der Waals surface area contributed by atoms with Crippen molar-refractivity contribution in [3.63, 3.8) is 0 Å². The summed E-state index contributed by atoms with van der Waals surface area (Å²) in [6, 6.07) is 14.3. The summed E-state index contributed by atoms with van der Waals surface area (Å²) in [5, 5.41) is 15.0. The number of hydrogen-bond donors (Lipinski definition) is 0. The second-order valence-electron chi connectivity index (χ2n) is 5.97. The molecule has 0 saturated carbocycles. The predicted molar refractivity (Wildman–Crippen MR) is 94.4 cm³/mol. The molecule has 1 fully saturated rings. The Hall–Kier alpha value is -2.09. The standard InChI is InChI=1S/C17H20N6S/c1-2-5-15(6-3-1)17-18-20-23(19-17)14-22-10-8-21(9-11-22)13-16-7-4-12-24-16/h1-7,12H,8-11,13-14H2. The van der Waals surface area contributed by atoms with Crippen LogP contribution in [0, 0.1) is 0 Å². The van der Waals surface area contributed by atoms with Gasteiger partial charge in [0.05, 0.1) is 0 Å². The van der Waals surface area contributed by atoms with Crippen LogP contribution in [0.1, 0.15) is 4.88 Å². The molecule has 0 spiro atoms. The van der Waals surface area contributed by atoms with Crippen LogP contribution < -0.4 is 0 Å². The van der Waals surface area contributed by atoms with E-state index in [1.165, 1.54) is 4.88 Å². The van der Waals surface area contributed by atoms with Gasteiger partial charge >= 0.3 is 0 Å². The first kappa shape index (κ1) is 15.4. The Kier molecular flexibility index (Phi) is 4.64. The third kappa shape index (κ3) is 3.69. The molecule has 1 saturated heterocycles. The van der Waals surface area contributed by atoms with Crippen molar-refractivity contribution in [2.45, 2.75) is 13.2 Å². The van der Waals surface area contributed by atoms with Crippen molar-refractivity contribution in [3.05, 3.63) is 52.7 Å². The SMILES string of the molecule is c1ccc(-c2nnn(CN3CCN(Cc4cccs4)CC3)n2)cc1. The Morgan fingerprint density at radius 3 is 2.46 bits per heavy atom. The summed E-state index contributed by atoms with van der Waals surface area (Å²) >= 11 is 1.83. The molecular weight excluding hydrogens is 320 g/mol. The van der Waals surface area contributed by atoms with E-state index in [1.54, 1.807) is 4.80 Å². The summed E-state index contributed by atoms with van der Waals surface area (Å²) in [5.41, 5.74) is 1.00. The Morgan fingerprint density at radius 2 is 1.71 bits per heavy atom. The van der Waals surface area contributed by atoms with Crippen LogP contribution in [0.3, 0.4) is 0 Å². The maximum atomic E-state index is 4.50. The minimum Gasteiger partial charge on any atom is -0.296 e. The molecule has 1 aliphatic rings. The molecule has 0 amide bonds. The van der Waals surface area contributed by atoms with Crippen molar-refractivity contribution in [2.75, 3.05) is 26.2 Å². The Bertz CT molecular complexity index is 747. The summed E-state index contributed by atoms with van der Waals surface area (Å²) in [5.74, 6) is 0.687. The molecule has 0 radical (unpaired) electrons. The number of nitrogens with zero attached hydrogens (tertiary/aromatic N) is 6. The Balaban J connectivity index is 1.30. The van der Waals surface area contributed by atoms with E-state index in [0.717, 1.165) is 38.3 Å². The number of benzene rings is 1. The highest BCUT2D eigenvalue weighted by atomic mass is 32.1. The number of hydrogen-bond acceptors (Lipinski definition) is 6. The van der Waals surface area contributed by atoms with E-state index in [0.29, 0.717) is 12.5 Å². The number of thiophene rings is 1. The predicted octanol–water partition coefficient (Wildman–Crippen LogP) is 2.18. The summed E-state index contributed by atoms with van der Waals surface area (Å²) in [4.78, 5) is 8.01. The van der Waals surface area contributed by atoms with Crippen LogP contribution >= 0.6 is 11.3 Å². The van der Waals surface area contributed by atoms with Crippen LogP contribution in [0.2, 0.25) is 0 Å². The fourth-order valence-electron chi connectivity index (χ4n) is 2.90.